The normalized spacial score (nSPS) is 11.7. The summed E-state index contributed by atoms with van der Waals surface area (Å²) in [6.45, 7) is 5.78. The lowest BCUT2D eigenvalue weighted by Crippen LogP contribution is -2.32. The van der Waals surface area contributed by atoms with Gasteiger partial charge in [-0.05, 0) is 50.5 Å². The van der Waals surface area contributed by atoms with Crippen LogP contribution < -0.4 is 4.57 Å². The van der Waals surface area contributed by atoms with Gasteiger partial charge >= 0.3 is 0 Å². The predicted molar refractivity (Wildman–Crippen MR) is 194 cm³/mol. The fourth-order valence-electron chi connectivity index (χ4n) is 6.40. The first kappa shape index (κ1) is 39.9. The zero-order chi connectivity index (χ0) is 30.7. The van der Waals surface area contributed by atoms with Gasteiger partial charge in [-0.3, -0.25) is 0 Å². The van der Waals surface area contributed by atoms with Crippen molar-refractivity contribution in [2.75, 3.05) is 0 Å². The van der Waals surface area contributed by atoms with Gasteiger partial charge in [-0.25, -0.2) is 4.57 Å². The first-order chi connectivity index (χ1) is 21.4. The molecule has 0 radical (unpaired) electrons. The molecule has 0 unspecified atom stereocenters. The monoisotopic (exact) mass is 597 g/mol. The van der Waals surface area contributed by atoms with E-state index in [-0.39, 0.29) is 0 Å². The summed E-state index contributed by atoms with van der Waals surface area (Å²) in [5.74, 6) is 0. The van der Waals surface area contributed by atoms with Gasteiger partial charge in [0, 0.05) is 18.6 Å². The maximum Gasteiger partial charge on any atom is 0.169 e. The summed E-state index contributed by atoms with van der Waals surface area (Å²) in [5.41, 5.74) is 1.53. The van der Waals surface area contributed by atoms with E-state index < -0.39 is 0 Å². The molecule has 250 valence electrons. The van der Waals surface area contributed by atoms with Crippen molar-refractivity contribution in [1.29, 1.82) is 0 Å². The van der Waals surface area contributed by atoms with Crippen LogP contribution in [0.1, 0.15) is 218 Å². The molecule has 0 aliphatic carbocycles. The number of pyridine rings is 1. The Kier molecular flexibility index (Phi) is 31.4. The van der Waals surface area contributed by atoms with Gasteiger partial charge in [-0.15, -0.1) is 0 Å². The Balaban J connectivity index is 1.82. The van der Waals surface area contributed by atoms with E-state index in [2.05, 4.69) is 55.1 Å². The van der Waals surface area contributed by atoms with Gasteiger partial charge in [0.05, 0.1) is 0 Å². The van der Waals surface area contributed by atoms with Gasteiger partial charge < -0.3 is 0 Å². The Labute approximate surface area is 272 Å². The fraction of sp³-hybridized carbons (Fsp3) is 0.833. The van der Waals surface area contributed by atoms with Gasteiger partial charge in [0.25, 0.3) is 0 Å². The number of aromatic nitrogens is 1. The van der Waals surface area contributed by atoms with E-state index in [1.165, 1.54) is 218 Å². The highest BCUT2D eigenvalue weighted by Gasteiger charge is 2.02. The second kappa shape index (κ2) is 33.8. The van der Waals surface area contributed by atoms with E-state index in [0.717, 1.165) is 0 Å². The molecule has 1 aromatic rings. The Morgan fingerprint density at radius 1 is 0.395 bits per heavy atom. The maximum atomic E-state index is 2.44. The van der Waals surface area contributed by atoms with Crippen LogP contribution in [-0.4, -0.2) is 0 Å². The lowest BCUT2D eigenvalue weighted by molar-refractivity contribution is -0.697. The number of aryl methyl sites for hydroxylation is 2. The average Bonchev–Trinajstić information content (AvgIpc) is 3.03. The zero-order valence-electron chi connectivity index (χ0n) is 29.7. The molecule has 0 spiro atoms. The fourth-order valence-corrected chi connectivity index (χ4v) is 6.40. The number of unbranched alkanes of at least 4 members (excludes halogenated alkanes) is 28. The van der Waals surface area contributed by atoms with Gasteiger partial charge in [-0.2, -0.15) is 0 Å². The van der Waals surface area contributed by atoms with Gasteiger partial charge in [0.2, 0.25) is 0 Å². The molecule has 0 amide bonds. The highest BCUT2D eigenvalue weighted by Crippen LogP contribution is 2.15. The van der Waals surface area contributed by atoms with Crippen molar-refractivity contribution in [2.24, 2.45) is 0 Å². The standard InChI is InChI=1S/C42H78N/c1-3-5-7-9-11-13-15-17-19-21-23-25-27-29-31-33-35-39-43-40-37-42(38-41-43)36-34-32-30-28-26-24-22-20-18-16-14-12-10-8-6-4-2/h17,19,37-38,40-41H,3-16,18,20-36,39H2,1-2H3/q+1/b19-17+. The molecular weight excluding hydrogens is 518 g/mol. The summed E-state index contributed by atoms with van der Waals surface area (Å²) in [6, 6.07) is 4.74. The van der Waals surface area contributed by atoms with Crippen molar-refractivity contribution < 1.29 is 4.57 Å². The molecular formula is C42H78N+. The SMILES string of the molecule is CCCCCCCC/C=C/CCCCCCCCC[n+]1ccc(CCCCCCCCCCCCCCCCCC)cc1. The van der Waals surface area contributed by atoms with Crippen LogP contribution in [0.15, 0.2) is 36.7 Å². The summed E-state index contributed by atoms with van der Waals surface area (Å²) in [4.78, 5) is 0. The summed E-state index contributed by atoms with van der Waals surface area (Å²) in [7, 11) is 0. The Morgan fingerprint density at radius 2 is 0.721 bits per heavy atom. The summed E-state index contributed by atoms with van der Waals surface area (Å²) in [6.07, 6.45) is 54.7. The molecule has 1 rings (SSSR count). The van der Waals surface area contributed by atoms with Crippen molar-refractivity contribution in [3.8, 4) is 0 Å². The zero-order valence-corrected chi connectivity index (χ0v) is 29.7. The molecule has 0 saturated heterocycles. The summed E-state index contributed by atoms with van der Waals surface area (Å²) in [5, 5.41) is 0. The van der Waals surface area contributed by atoms with Crippen molar-refractivity contribution >= 4 is 0 Å². The van der Waals surface area contributed by atoms with Crippen LogP contribution in [0.2, 0.25) is 0 Å². The highest BCUT2D eigenvalue weighted by atomic mass is 14.9. The molecule has 0 bridgehead atoms. The van der Waals surface area contributed by atoms with Crippen LogP contribution in [0.25, 0.3) is 0 Å². The molecule has 0 fully saturated rings. The van der Waals surface area contributed by atoms with E-state index in [4.69, 9.17) is 0 Å². The van der Waals surface area contributed by atoms with Crippen LogP contribution in [0, 0.1) is 0 Å². The first-order valence-electron chi connectivity index (χ1n) is 20.0. The molecule has 1 heterocycles. The van der Waals surface area contributed by atoms with Crippen LogP contribution in [0.4, 0.5) is 0 Å². The number of rotatable bonds is 34. The number of allylic oxidation sites excluding steroid dienone is 2. The number of nitrogens with zero attached hydrogens (tertiary/aromatic N) is 1. The van der Waals surface area contributed by atoms with Crippen molar-refractivity contribution in [2.45, 2.75) is 226 Å². The molecule has 1 heteroatoms. The van der Waals surface area contributed by atoms with Crippen LogP contribution in [0.5, 0.6) is 0 Å². The molecule has 0 aromatic carbocycles. The lowest BCUT2D eigenvalue weighted by atomic mass is 10.0. The van der Waals surface area contributed by atoms with Gasteiger partial charge in [0.1, 0.15) is 6.54 Å². The number of hydrogen-bond donors (Lipinski definition) is 0. The second-order valence-corrected chi connectivity index (χ2v) is 13.8. The minimum atomic E-state index is 1.18. The average molecular weight is 597 g/mol. The highest BCUT2D eigenvalue weighted by molar-refractivity contribution is 5.07. The molecule has 0 N–H and O–H groups in total. The van der Waals surface area contributed by atoms with E-state index >= 15 is 0 Å². The maximum absolute atomic E-state index is 2.44. The van der Waals surface area contributed by atoms with Crippen LogP contribution >= 0.6 is 0 Å². The Bertz CT molecular complexity index is 675. The Morgan fingerprint density at radius 3 is 1.12 bits per heavy atom. The van der Waals surface area contributed by atoms with Crippen LogP contribution in [-0.2, 0) is 13.0 Å². The van der Waals surface area contributed by atoms with Gasteiger partial charge in [-0.1, -0.05) is 180 Å². The van der Waals surface area contributed by atoms with E-state index in [0.29, 0.717) is 0 Å². The minimum absolute atomic E-state index is 1.18. The molecule has 1 nitrogen and oxygen atoms in total. The first-order valence-corrected chi connectivity index (χ1v) is 20.0. The second-order valence-electron chi connectivity index (χ2n) is 13.8. The molecule has 0 aliphatic heterocycles. The largest absolute Gasteiger partial charge is 0.205 e. The van der Waals surface area contributed by atoms with Crippen molar-refractivity contribution in [3.63, 3.8) is 0 Å². The third-order valence-electron chi connectivity index (χ3n) is 9.46. The molecule has 0 aliphatic rings. The van der Waals surface area contributed by atoms with Crippen molar-refractivity contribution in [3.05, 3.63) is 42.2 Å². The number of hydrogen-bond acceptors (Lipinski definition) is 0. The quantitative estimate of drug-likeness (QED) is 0.0423. The predicted octanol–water partition coefficient (Wildman–Crippen LogP) is 14.2. The molecule has 1 aromatic heterocycles. The van der Waals surface area contributed by atoms with Crippen LogP contribution in [0.3, 0.4) is 0 Å². The summed E-state index contributed by atoms with van der Waals surface area (Å²) < 4.78 is 2.40. The topological polar surface area (TPSA) is 3.88 Å². The smallest absolute Gasteiger partial charge is 0.169 e. The van der Waals surface area contributed by atoms with Gasteiger partial charge in [0.15, 0.2) is 12.4 Å². The summed E-state index contributed by atoms with van der Waals surface area (Å²) >= 11 is 0. The minimum Gasteiger partial charge on any atom is -0.205 e. The van der Waals surface area contributed by atoms with E-state index in [9.17, 15) is 0 Å². The molecule has 0 saturated carbocycles. The molecule has 0 atom stereocenters. The van der Waals surface area contributed by atoms with E-state index in [1.54, 1.807) is 0 Å². The third kappa shape index (κ3) is 29.4. The third-order valence-corrected chi connectivity index (χ3v) is 9.46. The van der Waals surface area contributed by atoms with E-state index in [1.807, 2.05) is 0 Å². The van der Waals surface area contributed by atoms with Crippen molar-refractivity contribution in [1.82, 2.24) is 0 Å². The lowest BCUT2D eigenvalue weighted by Gasteiger charge is -2.04. The molecule has 43 heavy (non-hydrogen) atoms. The Hall–Kier alpha value is -1.11.